The second-order valence-electron chi connectivity index (χ2n) is 5.54. The molecule has 2 unspecified atom stereocenters. The van der Waals surface area contributed by atoms with E-state index in [-0.39, 0.29) is 5.91 Å². The molecule has 1 amide bonds. The lowest BCUT2D eigenvalue weighted by atomic mass is 9.93. The van der Waals surface area contributed by atoms with Crippen molar-refractivity contribution in [3.8, 4) is 0 Å². The molecule has 0 bridgehead atoms. The van der Waals surface area contributed by atoms with E-state index >= 15 is 0 Å². The van der Waals surface area contributed by atoms with Crippen LogP contribution in [0.15, 0.2) is 12.1 Å². The lowest BCUT2D eigenvalue weighted by molar-refractivity contribution is 0.0821. The molecular weight excluding hydrogens is 254 g/mol. The van der Waals surface area contributed by atoms with E-state index in [0.717, 1.165) is 18.9 Å². The van der Waals surface area contributed by atoms with Gasteiger partial charge in [0.25, 0.3) is 5.91 Å². The maximum atomic E-state index is 11.7. The van der Waals surface area contributed by atoms with Crippen molar-refractivity contribution in [2.75, 3.05) is 32.5 Å². The van der Waals surface area contributed by atoms with Gasteiger partial charge in [-0.05, 0) is 50.9 Å². The Morgan fingerprint density at radius 3 is 2.80 bits per heavy atom. The van der Waals surface area contributed by atoms with E-state index in [9.17, 15) is 4.79 Å². The summed E-state index contributed by atoms with van der Waals surface area (Å²) < 4.78 is 0. The van der Waals surface area contributed by atoms with Gasteiger partial charge in [-0.25, -0.2) is 0 Å². The summed E-state index contributed by atoms with van der Waals surface area (Å²) in [5.74, 6) is 1.19. The number of hydrogen-bond donors (Lipinski definition) is 2. The Bertz CT molecular complexity index is 439. The lowest BCUT2D eigenvalue weighted by Gasteiger charge is -2.29. The summed E-state index contributed by atoms with van der Waals surface area (Å²) in [5.41, 5.74) is 0.368. The molecule has 0 aromatic carbocycles. The maximum Gasteiger partial charge on any atom is 0.273 e. The molecule has 1 aromatic heterocycles. The van der Waals surface area contributed by atoms with Crippen LogP contribution in [-0.2, 0) is 0 Å². The maximum absolute atomic E-state index is 11.7. The number of amides is 1. The number of rotatable bonds is 4. The molecule has 1 fully saturated rings. The topological polar surface area (TPSA) is 70.2 Å². The molecule has 1 aliphatic heterocycles. The van der Waals surface area contributed by atoms with Gasteiger partial charge in [0.2, 0.25) is 0 Å². The van der Waals surface area contributed by atoms with E-state index in [1.54, 1.807) is 20.2 Å². The second kappa shape index (κ2) is 6.65. The van der Waals surface area contributed by atoms with Gasteiger partial charge < -0.3 is 15.5 Å². The summed E-state index contributed by atoms with van der Waals surface area (Å²) >= 11 is 0. The summed E-state index contributed by atoms with van der Waals surface area (Å²) in [6, 6.07) is 3.87. The quantitative estimate of drug-likeness (QED) is 0.858. The monoisotopic (exact) mass is 277 g/mol. The Balaban J connectivity index is 1.94. The molecule has 1 aromatic rings. The highest BCUT2D eigenvalue weighted by molar-refractivity contribution is 5.91. The first kappa shape index (κ1) is 14.7. The molecule has 0 spiro atoms. The van der Waals surface area contributed by atoms with Crippen LogP contribution in [0.1, 0.15) is 30.3 Å². The second-order valence-corrected chi connectivity index (χ2v) is 5.54. The molecule has 2 heterocycles. The molecule has 6 nitrogen and oxygen atoms in total. The summed E-state index contributed by atoms with van der Waals surface area (Å²) in [4.78, 5) is 13.2. The van der Waals surface area contributed by atoms with Gasteiger partial charge in [-0.1, -0.05) is 0 Å². The normalized spacial score (nSPS) is 20.2. The molecule has 1 aliphatic rings. The van der Waals surface area contributed by atoms with Gasteiger partial charge in [-0.3, -0.25) is 4.79 Å². The lowest BCUT2D eigenvalue weighted by Crippen LogP contribution is -2.39. The molecule has 1 saturated heterocycles. The van der Waals surface area contributed by atoms with Gasteiger partial charge in [-0.2, -0.15) is 0 Å². The Labute approximate surface area is 120 Å². The Morgan fingerprint density at radius 2 is 2.25 bits per heavy atom. The molecular formula is C14H23N5O. The molecule has 20 heavy (non-hydrogen) atoms. The molecule has 6 heteroatoms. The van der Waals surface area contributed by atoms with Crippen LogP contribution in [0.25, 0.3) is 0 Å². The van der Waals surface area contributed by atoms with Gasteiger partial charge in [0.15, 0.2) is 5.69 Å². The highest BCUT2D eigenvalue weighted by atomic mass is 16.2. The van der Waals surface area contributed by atoms with Crippen LogP contribution in [0.5, 0.6) is 0 Å². The molecule has 2 rings (SSSR count). The first-order valence-electron chi connectivity index (χ1n) is 7.10. The summed E-state index contributed by atoms with van der Waals surface area (Å²) in [6.07, 6.45) is 2.45. The Kier molecular flexibility index (Phi) is 4.89. The van der Waals surface area contributed by atoms with Gasteiger partial charge in [0, 0.05) is 20.1 Å². The molecule has 2 atom stereocenters. The molecule has 0 radical (unpaired) electrons. The van der Waals surface area contributed by atoms with Crippen molar-refractivity contribution < 1.29 is 4.79 Å². The third-order valence-electron chi connectivity index (χ3n) is 3.71. The van der Waals surface area contributed by atoms with Crippen molar-refractivity contribution >= 4 is 11.7 Å². The van der Waals surface area contributed by atoms with Crippen LogP contribution in [-0.4, -0.2) is 54.2 Å². The van der Waals surface area contributed by atoms with Crippen LogP contribution in [0, 0.1) is 5.92 Å². The van der Waals surface area contributed by atoms with Gasteiger partial charge in [-0.15, -0.1) is 10.2 Å². The predicted molar refractivity (Wildman–Crippen MR) is 78.7 cm³/mol. The first-order valence-corrected chi connectivity index (χ1v) is 7.10. The summed E-state index contributed by atoms with van der Waals surface area (Å²) in [5, 5.41) is 14.8. The minimum Gasteiger partial charge on any atom is -0.366 e. The number of nitrogens with zero attached hydrogens (tertiary/aromatic N) is 3. The zero-order chi connectivity index (χ0) is 14.5. The molecule has 0 saturated carbocycles. The minimum atomic E-state index is -0.131. The Morgan fingerprint density at radius 1 is 1.45 bits per heavy atom. The third kappa shape index (κ3) is 3.66. The van der Waals surface area contributed by atoms with Crippen molar-refractivity contribution in [3.63, 3.8) is 0 Å². The molecule has 2 N–H and O–H groups in total. The fourth-order valence-corrected chi connectivity index (χ4v) is 2.41. The standard InChI is InChI=1S/C14H23N5O/c1-10(11-5-4-8-15-9-11)16-13-7-6-12(17-18-13)14(20)19(2)3/h6-7,10-11,15H,4-5,8-9H2,1-3H3,(H,16,18). The first-order chi connectivity index (χ1) is 9.58. The number of anilines is 1. The highest BCUT2D eigenvalue weighted by Gasteiger charge is 2.20. The van der Waals surface area contributed by atoms with Gasteiger partial charge in [0.1, 0.15) is 5.82 Å². The SMILES string of the molecule is CC(Nc1ccc(C(=O)N(C)C)nn1)C1CCCNC1. The van der Waals surface area contributed by atoms with E-state index < -0.39 is 0 Å². The fourth-order valence-electron chi connectivity index (χ4n) is 2.41. The number of carbonyl (C=O) groups is 1. The summed E-state index contributed by atoms with van der Waals surface area (Å²) in [7, 11) is 3.41. The predicted octanol–water partition coefficient (Wildman–Crippen LogP) is 0.978. The van der Waals surface area contributed by atoms with Crippen LogP contribution < -0.4 is 10.6 Å². The smallest absolute Gasteiger partial charge is 0.273 e. The zero-order valence-electron chi connectivity index (χ0n) is 12.4. The Hall–Kier alpha value is -1.69. The number of nitrogens with one attached hydrogen (secondary N) is 2. The van der Waals surface area contributed by atoms with Crippen LogP contribution in [0.3, 0.4) is 0 Å². The average Bonchev–Trinajstić information content (AvgIpc) is 2.48. The third-order valence-corrected chi connectivity index (χ3v) is 3.71. The van der Waals surface area contributed by atoms with Gasteiger partial charge in [0.05, 0.1) is 0 Å². The van der Waals surface area contributed by atoms with Crippen LogP contribution in [0.2, 0.25) is 0 Å². The van der Waals surface area contributed by atoms with E-state index in [0.29, 0.717) is 17.7 Å². The van der Waals surface area contributed by atoms with E-state index in [4.69, 9.17) is 0 Å². The van der Waals surface area contributed by atoms with Crippen LogP contribution >= 0.6 is 0 Å². The van der Waals surface area contributed by atoms with Crippen LogP contribution in [0.4, 0.5) is 5.82 Å². The van der Waals surface area contributed by atoms with E-state index in [2.05, 4.69) is 27.8 Å². The minimum absolute atomic E-state index is 0.131. The van der Waals surface area contributed by atoms with Crippen molar-refractivity contribution in [2.45, 2.75) is 25.8 Å². The molecule has 0 aliphatic carbocycles. The molecule has 110 valence electrons. The largest absolute Gasteiger partial charge is 0.366 e. The van der Waals surface area contributed by atoms with Crippen molar-refractivity contribution in [2.24, 2.45) is 5.92 Å². The zero-order valence-corrected chi connectivity index (χ0v) is 12.4. The highest BCUT2D eigenvalue weighted by Crippen LogP contribution is 2.17. The number of aromatic nitrogens is 2. The van der Waals surface area contributed by atoms with Crippen molar-refractivity contribution in [1.29, 1.82) is 0 Å². The number of hydrogen-bond acceptors (Lipinski definition) is 5. The van der Waals surface area contributed by atoms with Crippen molar-refractivity contribution in [3.05, 3.63) is 17.8 Å². The fraction of sp³-hybridized carbons (Fsp3) is 0.643. The summed E-state index contributed by atoms with van der Waals surface area (Å²) in [6.45, 7) is 4.32. The van der Waals surface area contributed by atoms with Gasteiger partial charge >= 0.3 is 0 Å². The number of carbonyl (C=O) groups excluding carboxylic acids is 1. The average molecular weight is 277 g/mol. The van der Waals surface area contributed by atoms with Crippen molar-refractivity contribution in [1.82, 2.24) is 20.4 Å². The van der Waals surface area contributed by atoms with E-state index in [1.807, 2.05) is 6.07 Å². The number of piperidine rings is 1. The van der Waals surface area contributed by atoms with E-state index in [1.165, 1.54) is 17.7 Å².